The minimum absolute atomic E-state index is 0.0370. The third kappa shape index (κ3) is 4.05. The van der Waals surface area contributed by atoms with Crippen LogP contribution in [0.5, 0.6) is 17.2 Å². The summed E-state index contributed by atoms with van der Waals surface area (Å²) in [4.78, 5) is 12.4. The Bertz CT molecular complexity index is 744. The van der Waals surface area contributed by atoms with E-state index in [1.54, 1.807) is 14.2 Å². The minimum Gasteiger partial charge on any atom is -0.493 e. The van der Waals surface area contributed by atoms with Gasteiger partial charge < -0.3 is 19.5 Å². The number of hydrogen-bond acceptors (Lipinski definition) is 4. The largest absolute Gasteiger partial charge is 0.493 e. The van der Waals surface area contributed by atoms with Crippen LogP contribution < -0.4 is 19.5 Å². The highest BCUT2D eigenvalue weighted by atomic mass is 16.5. The fraction of sp³-hybridized carbons (Fsp3) is 0.350. The van der Waals surface area contributed by atoms with Crippen molar-refractivity contribution in [3.8, 4) is 17.2 Å². The number of carbonyl (C=O) groups is 1. The van der Waals surface area contributed by atoms with Crippen LogP contribution >= 0.6 is 0 Å². The van der Waals surface area contributed by atoms with Crippen LogP contribution in [-0.2, 0) is 17.6 Å². The normalized spacial score (nSPS) is 15.7. The summed E-state index contributed by atoms with van der Waals surface area (Å²) in [5.41, 5.74) is 2.18. The quantitative estimate of drug-likeness (QED) is 0.877. The first-order valence-corrected chi connectivity index (χ1v) is 8.40. The summed E-state index contributed by atoms with van der Waals surface area (Å²) in [5.74, 6) is 2.18. The Labute approximate surface area is 147 Å². The van der Waals surface area contributed by atoms with Gasteiger partial charge in [-0.1, -0.05) is 24.3 Å². The second kappa shape index (κ2) is 7.92. The standard InChI is InChI=1S/C20H23NO4/c1-23-18-8-7-14(11-19(18)24-2)9-10-21-20(22)16-12-15-5-3-4-6-17(15)25-13-16/h3-8,11,16H,9-10,12-13H2,1-2H3,(H,21,22)/t16-/m1/s1. The highest BCUT2D eigenvalue weighted by Crippen LogP contribution is 2.28. The molecule has 1 heterocycles. The molecule has 5 heteroatoms. The summed E-state index contributed by atoms with van der Waals surface area (Å²) in [6.45, 7) is 1.01. The summed E-state index contributed by atoms with van der Waals surface area (Å²) >= 11 is 0. The van der Waals surface area contributed by atoms with Crippen LogP contribution in [0.15, 0.2) is 42.5 Å². The van der Waals surface area contributed by atoms with Crippen molar-refractivity contribution in [1.29, 1.82) is 0 Å². The fourth-order valence-electron chi connectivity index (χ4n) is 3.01. The second-order valence-corrected chi connectivity index (χ2v) is 6.05. The molecule has 2 aromatic carbocycles. The zero-order valence-corrected chi connectivity index (χ0v) is 14.6. The molecule has 1 amide bonds. The highest BCUT2D eigenvalue weighted by Gasteiger charge is 2.25. The van der Waals surface area contributed by atoms with Crippen molar-refractivity contribution in [1.82, 2.24) is 5.32 Å². The van der Waals surface area contributed by atoms with E-state index >= 15 is 0 Å². The molecule has 0 bridgehead atoms. The monoisotopic (exact) mass is 341 g/mol. The molecule has 25 heavy (non-hydrogen) atoms. The second-order valence-electron chi connectivity index (χ2n) is 6.05. The van der Waals surface area contributed by atoms with E-state index in [2.05, 4.69) is 5.32 Å². The molecule has 1 atom stereocenters. The van der Waals surface area contributed by atoms with E-state index in [0.29, 0.717) is 24.7 Å². The topological polar surface area (TPSA) is 56.8 Å². The van der Waals surface area contributed by atoms with Crippen LogP contribution in [0.1, 0.15) is 11.1 Å². The van der Waals surface area contributed by atoms with E-state index < -0.39 is 0 Å². The van der Waals surface area contributed by atoms with Crippen molar-refractivity contribution in [2.24, 2.45) is 5.92 Å². The van der Waals surface area contributed by atoms with E-state index in [-0.39, 0.29) is 11.8 Å². The van der Waals surface area contributed by atoms with Crippen LogP contribution in [0.2, 0.25) is 0 Å². The summed E-state index contributed by atoms with van der Waals surface area (Å²) in [5, 5.41) is 3.01. The van der Waals surface area contributed by atoms with Gasteiger partial charge in [-0.3, -0.25) is 4.79 Å². The molecule has 1 aliphatic heterocycles. The predicted molar refractivity (Wildman–Crippen MR) is 95.4 cm³/mol. The fourth-order valence-corrected chi connectivity index (χ4v) is 3.01. The van der Waals surface area contributed by atoms with Gasteiger partial charge in [-0.25, -0.2) is 0 Å². The van der Waals surface area contributed by atoms with Crippen molar-refractivity contribution in [2.75, 3.05) is 27.4 Å². The molecule has 132 valence electrons. The summed E-state index contributed by atoms with van der Waals surface area (Å²) in [6.07, 6.45) is 1.45. The number of amides is 1. The maximum absolute atomic E-state index is 12.4. The Morgan fingerprint density at radius 3 is 2.76 bits per heavy atom. The molecule has 2 aromatic rings. The third-order valence-electron chi connectivity index (χ3n) is 4.41. The molecule has 3 rings (SSSR count). The van der Waals surface area contributed by atoms with Crippen LogP contribution in [-0.4, -0.2) is 33.3 Å². The molecule has 0 saturated carbocycles. The summed E-state index contributed by atoms with van der Waals surface area (Å²) < 4.78 is 16.2. The zero-order chi connectivity index (χ0) is 17.6. The first-order chi connectivity index (χ1) is 12.2. The van der Waals surface area contributed by atoms with E-state index in [0.717, 1.165) is 29.7 Å². The number of fused-ring (bicyclic) bond motifs is 1. The van der Waals surface area contributed by atoms with Crippen LogP contribution in [0, 0.1) is 5.92 Å². The maximum atomic E-state index is 12.4. The van der Waals surface area contributed by atoms with Gasteiger partial charge in [0.15, 0.2) is 11.5 Å². The van der Waals surface area contributed by atoms with Gasteiger partial charge in [0.25, 0.3) is 0 Å². The first-order valence-electron chi connectivity index (χ1n) is 8.40. The van der Waals surface area contributed by atoms with Crippen molar-refractivity contribution in [3.63, 3.8) is 0 Å². The lowest BCUT2D eigenvalue weighted by molar-refractivity contribution is -0.126. The van der Waals surface area contributed by atoms with Crippen LogP contribution in [0.25, 0.3) is 0 Å². The van der Waals surface area contributed by atoms with E-state index in [1.165, 1.54) is 0 Å². The van der Waals surface area contributed by atoms with Crippen LogP contribution in [0.4, 0.5) is 0 Å². The molecule has 0 aromatic heterocycles. The Hall–Kier alpha value is -2.69. The number of hydrogen-bond donors (Lipinski definition) is 1. The SMILES string of the molecule is COc1ccc(CCNC(=O)[C@H]2COc3ccccc3C2)cc1OC. The number of carbonyl (C=O) groups excluding carboxylic acids is 1. The minimum atomic E-state index is -0.139. The molecule has 5 nitrogen and oxygen atoms in total. The smallest absolute Gasteiger partial charge is 0.226 e. The van der Waals surface area contributed by atoms with E-state index in [9.17, 15) is 4.79 Å². The number of para-hydroxylation sites is 1. The van der Waals surface area contributed by atoms with Gasteiger partial charge >= 0.3 is 0 Å². The number of methoxy groups -OCH3 is 2. The van der Waals surface area contributed by atoms with Gasteiger partial charge in [-0.2, -0.15) is 0 Å². The van der Waals surface area contributed by atoms with E-state index in [1.807, 2.05) is 42.5 Å². The average Bonchev–Trinajstić information content (AvgIpc) is 2.67. The molecular formula is C20H23NO4. The summed E-state index contributed by atoms with van der Waals surface area (Å²) in [7, 11) is 3.23. The molecule has 0 fully saturated rings. The molecule has 0 saturated heterocycles. The van der Waals surface area contributed by atoms with Crippen molar-refractivity contribution in [3.05, 3.63) is 53.6 Å². The van der Waals surface area contributed by atoms with Gasteiger partial charge in [0.1, 0.15) is 12.4 Å². The Morgan fingerprint density at radius 1 is 1.16 bits per heavy atom. The van der Waals surface area contributed by atoms with Gasteiger partial charge in [0, 0.05) is 6.54 Å². The first kappa shape index (κ1) is 17.1. The molecule has 1 aliphatic rings. The number of ether oxygens (including phenoxy) is 3. The highest BCUT2D eigenvalue weighted by molar-refractivity contribution is 5.79. The number of benzene rings is 2. The lowest BCUT2D eigenvalue weighted by atomic mass is 9.96. The molecule has 0 aliphatic carbocycles. The van der Waals surface area contributed by atoms with Gasteiger partial charge in [0.05, 0.1) is 20.1 Å². The molecule has 1 N–H and O–H groups in total. The molecule has 0 unspecified atom stereocenters. The van der Waals surface area contributed by atoms with Gasteiger partial charge in [0.2, 0.25) is 5.91 Å². The molecule has 0 radical (unpaired) electrons. The lowest BCUT2D eigenvalue weighted by Crippen LogP contribution is -2.38. The zero-order valence-electron chi connectivity index (χ0n) is 14.6. The predicted octanol–water partition coefficient (Wildman–Crippen LogP) is 2.61. The molecular weight excluding hydrogens is 318 g/mol. The Kier molecular flexibility index (Phi) is 5.43. The Balaban J connectivity index is 1.52. The number of nitrogens with one attached hydrogen (secondary N) is 1. The van der Waals surface area contributed by atoms with Crippen LogP contribution in [0.3, 0.4) is 0 Å². The summed E-state index contributed by atoms with van der Waals surface area (Å²) in [6, 6.07) is 13.7. The van der Waals surface area contributed by atoms with Crippen molar-refractivity contribution >= 4 is 5.91 Å². The van der Waals surface area contributed by atoms with Gasteiger partial charge in [-0.05, 0) is 42.2 Å². The third-order valence-corrected chi connectivity index (χ3v) is 4.41. The lowest BCUT2D eigenvalue weighted by Gasteiger charge is -2.24. The van der Waals surface area contributed by atoms with E-state index in [4.69, 9.17) is 14.2 Å². The number of rotatable bonds is 6. The Morgan fingerprint density at radius 2 is 1.96 bits per heavy atom. The molecule has 0 spiro atoms. The van der Waals surface area contributed by atoms with Gasteiger partial charge in [-0.15, -0.1) is 0 Å². The average molecular weight is 341 g/mol. The maximum Gasteiger partial charge on any atom is 0.226 e. The van der Waals surface area contributed by atoms with Crippen molar-refractivity contribution < 1.29 is 19.0 Å². The van der Waals surface area contributed by atoms with Crippen molar-refractivity contribution in [2.45, 2.75) is 12.8 Å².